The highest BCUT2D eigenvalue weighted by molar-refractivity contribution is 7.15. The van der Waals surface area contributed by atoms with Gasteiger partial charge in [-0.1, -0.05) is 0 Å². The molecule has 4 rings (SSSR count). The quantitative estimate of drug-likeness (QED) is 0.582. The first kappa shape index (κ1) is 22.7. The van der Waals surface area contributed by atoms with E-state index in [-0.39, 0.29) is 43.7 Å². The van der Waals surface area contributed by atoms with Crippen molar-refractivity contribution in [3.05, 3.63) is 63.4 Å². The Morgan fingerprint density at radius 3 is 2.94 bits per heavy atom. The first-order valence-corrected chi connectivity index (χ1v) is 10.1. The number of benzene rings is 1. The second-order valence-corrected chi connectivity index (χ2v) is 8.11. The lowest BCUT2D eigenvalue weighted by Gasteiger charge is -2.20. The lowest BCUT2D eigenvalue weighted by Crippen LogP contribution is -2.26. The van der Waals surface area contributed by atoms with Crippen LogP contribution in [0.1, 0.15) is 10.4 Å². The number of ether oxygens (including phenoxy) is 1. The molecule has 3 heterocycles. The fourth-order valence-electron chi connectivity index (χ4n) is 3.24. The van der Waals surface area contributed by atoms with E-state index in [0.717, 1.165) is 20.9 Å². The summed E-state index contributed by atoms with van der Waals surface area (Å²) in [5.41, 5.74) is 7.95. The van der Waals surface area contributed by atoms with Gasteiger partial charge in [0.1, 0.15) is 12.1 Å². The Morgan fingerprint density at radius 2 is 2.19 bits per heavy atom. The van der Waals surface area contributed by atoms with Crippen molar-refractivity contribution in [3.63, 3.8) is 0 Å². The number of rotatable bonds is 6. The first-order chi connectivity index (χ1) is 14.5. The van der Waals surface area contributed by atoms with Crippen LogP contribution >= 0.6 is 23.7 Å². The summed E-state index contributed by atoms with van der Waals surface area (Å²) in [5, 5.41) is 6.87. The summed E-state index contributed by atoms with van der Waals surface area (Å²) < 4.78 is 20.9. The van der Waals surface area contributed by atoms with Gasteiger partial charge < -0.3 is 15.8 Å². The van der Waals surface area contributed by atoms with Crippen LogP contribution in [0.25, 0.3) is 10.4 Å². The number of carbonyl (C=O) groups is 1. The Bertz CT molecular complexity index is 1200. The van der Waals surface area contributed by atoms with E-state index in [1.165, 1.54) is 15.6 Å². The number of nitrogens with zero attached hydrogens (tertiary/aromatic N) is 3. The number of aromatic nitrogens is 3. The van der Waals surface area contributed by atoms with Crippen LogP contribution < -0.4 is 21.5 Å². The molecule has 0 radical (unpaired) electrons. The van der Waals surface area contributed by atoms with Crippen LogP contribution in [0, 0.1) is 6.92 Å². The maximum Gasteiger partial charge on any atom is 0.346 e. The van der Waals surface area contributed by atoms with Crippen molar-refractivity contribution in [1.82, 2.24) is 14.3 Å². The molecule has 0 fully saturated rings. The molecule has 164 valence electrons. The third-order valence-electron chi connectivity index (χ3n) is 4.73. The SMILES string of the molecule is Cc1cc(-c2ccc(Cn3cnn(C/C(=C/F)CN)c3=O)s2)cc2c1OCC(=O)N2.Cl. The predicted octanol–water partition coefficient (Wildman–Crippen LogP) is 2.69. The predicted molar refractivity (Wildman–Crippen MR) is 120 cm³/mol. The van der Waals surface area contributed by atoms with Gasteiger partial charge in [0, 0.05) is 16.3 Å². The zero-order chi connectivity index (χ0) is 21.3. The topological polar surface area (TPSA) is 104 Å². The van der Waals surface area contributed by atoms with Crippen molar-refractivity contribution >= 4 is 35.3 Å². The molecule has 0 bridgehead atoms. The number of aryl methyl sites for hydroxylation is 1. The molecule has 0 saturated carbocycles. The monoisotopic (exact) mass is 465 g/mol. The molecule has 0 unspecified atom stereocenters. The number of amides is 1. The highest BCUT2D eigenvalue weighted by Crippen LogP contribution is 2.38. The lowest BCUT2D eigenvalue weighted by atomic mass is 10.1. The van der Waals surface area contributed by atoms with Gasteiger partial charge in [-0.3, -0.25) is 9.36 Å². The van der Waals surface area contributed by atoms with Gasteiger partial charge >= 0.3 is 5.69 Å². The average Bonchev–Trinajstić information content (AvgIpc) is 3.33. The molecule has 0 saturated heterocycles. The molecule has 1 aromatic carbocycles. The highest BCUT2D eigenvalue weighted by Gasteiger charge is 2.19. The minimum absolute atomic E-state index is 0. The normalized spacial score (nSPS) is 13.3. The van der Waals surface area contributed by atoms with Gasteiger partial charge in [-0.25, -0.2) is 13.9 Å². The molecule has 3 N–H and O–H groups in total. The zero-order valence-electron chi connectivity index (χ0n) is 16.6. The molecule has 0 atom stereocenters. The minimum Gasteiger partial charge on any atom is -0.481 e. The fourth-order valence-corrected chi connectivity index (χ4v) is 4.23. The van der Waals surface area contributed by atoms with Crippen LogP contribution in [0.15, 0.2) is 47.3 Å². The third kappa shape index (κ3) is 4.71. The standard InChI is InChI=1S/C20H20FN5O3S.ClH/c1-12-4-14(5-16-19(12)29-10-18(27)24-16)17-3-2-15(30-17)9-25-11-23-26(20(25)28)8-13(6-21)7-22;/h2-6,11H,7-10,22H2,1H3,(H,24,27);1H/b13-6+;. The molecule has 1 amide bonds. The molecule has 1 aliphatic heterocycles. The van der Waals surface area contributed by atoms with Gasteiger partial charge in [0.05, 0.1) is 25.1 Å². The number of carbonyl (C=O) groups excluding carboxylic acids is 1. The Morgan fingerprint density at radius 1 is 1.39 bits per heavy atom. The van der Waals surface area contributed by atoms with E-state index >= 15 is 0 Å². The van der Waals surface area contributed by atoms with Crippen molar-refractivity contribution in [3.8, 4) is 16.2 Å². The highest BCUT2D eigenvalue weighted by atomic mass is 35.5. The van der Waals surface area contributed by atoms with Crippen molar-refractivity contribution in [2.75, 3.05) is 18.5 Å². The van der Waals surface area contributed by atoms with E-state index in [9.17, 15) is 14.0 Å². The first-order valence-electron chi connectivity index (χ1n) is 9.25. The lowest BCUT2D eigenvalue weighted by molar-refractivity contribution is -0.118. The number of halogens is 2. The van der Waals surface area contributed by atoms with Crippen LogP contribution in [0.5, 0.6) is 5.75 Å². The van der Waals surface area contributed by atoms with Gasteiger partial charge in [0.25, 0.3) is 5.91 Å². The molecule has 2 aromatic heterocycles. The summed E-state index contributed by atoms with van der Waals surface area (Å²) in [5.74, 6) is 0.510. The maximum atomic E-state index is 12.7. The summed E-state index contributed by atoms with van der Waals surface area (Å²) in [6.07, 6.45) is 1.84. The molecule has 31 heavy (non-hydrogen) atoms. The summed E-state index contributed by atoms with van der Waals surface area (Å²) in [6, 6.07) is 7.81. The van der Waals surface area contributed by atoms with Crippen molar-refractivity contribution in [2.24, 2.45) is 5.73 Å². The van der Waals surface area contributed by atoms with E-state index in [4.69, 9.17) is 10.5 Å². The Labute approximate surface area is 187 Å². The number of nitrogens with two attached hydrogens (primary N) is 1. The van der Waals surface area contributed by atoms with Gasteiger partial charge in [-0.05, 0) is 47.9 Å². The second kappa shape index (κ2) is 9.46. The molecule has 1 aliphatic rings. The van der Waals surface area contributed by atoms with Gasteiger partial charge in [-0.15, -0.1) is 23.7 Å². The van der Waals surface area contributed by atoms with Crippen LogP contribution in [0.2, 0.25) is 0 Å². The van der Waals surface area contributed by atoms with Crippen LogP contribution in [0.4, 0.5) is 10.1 Å². The Kier molecular flexibility index (Phi) is 6.94. The summed E-state index contributed by atoms with van der Waals surface area (Å²) in [7, 11) is 0. The maximum absolute atomic E-state index is 12.7. The number of nitrogens with one attached hydrogen (secondary N) is 1. The van der Waals surface area contributed by atoms with Crippen molar-refractivity contribution in [2.45, 2.75) is 20.0 Å². The molecule has 0 aliphatic carbocycles. The molecule has 0 spiro atoms. The summed E-state index contributed by atoms with van der Waals surface area (Å²) in [6.45, 7) is 2.35. The number of fused-ring (bicyclic) bond motifs is 1. The third-order valence-corrected chi connectivity index (χ3v) is 5.85. The molecular weight excluding hydrogens is 445 g/mol. The van der Waals surface area contributed by atoms with E-state index in [0.29, 0.717) is 29.9 Å². The fraction of sp³-hybridized carbons (Fsp3) is 0.250. The molecule has 3 aromatic rings. The van der Waals surface area contributed by atoms with Gasteiger partial charge in [0.2, 0.25) is 0 Å². The number of hydrogen-bond donors (Lipinski definition) is 2. The minimum atomic E-state index is -0.331. The average molecular weight is 466 g/mol. The van der Waals surface area contributed by atoms with Crippen LogP contribution in [-0.4, -0.2) is 33.4 Å². The zero-order valence-corrected chi connectivity index (χ0v) is 18.3. The van der Waals surface area contributed by atoms with Crippen molar-refractivity contribution < 1.29 is 13.9 Å². The Hall–Kier alpha value is -2.95. The smallest absolute Gasteiger partial charge is 0.346 e. The molecular formula is C20H21ClFN5O3S. The number of thiophene rings is 1. The molecule has 8 nitrogen and oxygen atoms in total. The van der Waals surface area contributed by atoms with Crippen LogP contribution in [-0.2, 0) is 17.9 Å². The largest absolute Gasteiger partial charge is 0.481 e. The number of anilines is 1. The number of hydrogen-bond acceptors (Lipinski definition) is 6. The summed E-state index contributed by atoms with van der Waals surface area (Å²) >= 11 is 1.54. The van der Waals surface area contributed by atoms with Gasteiger partial charge in [-0.2, -0.15) is 5.10 Å². The second-order valence-electron chi connectivity index (χ2n) is 6.94. The van der Waals surface area contributed by atoms with E-state index in [1.54, 1.807) is 11.3 Å². The Balaban J connectivity index is 0.00000272. The van der Waals surface area contributed by atoms with E-state index < -0.39 is 0 Å². The van der Waals surface area contributed by atoms with E-state index in [2.05, 4.69) is 10.4 Å². The van der Waals surface area contributed by atoms with Gasteiger partial charge in [0.15, 0.2) is 6.61 Å². The van der Waals surface area contributed by atoms with E-state index in [1.807, 2.05) is 31.2 Å². The van der Waals surface area contributed by atoms with Crippen LogP contribution in [0.3, 0.4) is 0 Å². The van der Waals surface area contributed by atoms with Crippen molar-refractivity contribution in [1.29, 1.82) is 0 Å². The molecule has 11 heteroatoms. The summed E-state index contributed by atoms with van der Waals surface area (Å²) in [4.78, 5) is 26.1.